The molecule has 0 bridgehead atoms. The van der Waals surface area contributed by atoms with Crippen LogP contribution < -0.4 is 5.73 Å². The highest BCUT2D eigenvalue weighted by molar-refractivity contribution is 5.36. The molecule has 0 aromatic heterocycles. The van der Waals surface area contributed by atoms with Crippen LogP contribution in [-0.2, 0) is 12.8 Å². The predicted molar refractivity (Wildman–Crippen MR) is 64.9 cm³/mol. The van der Waals surface area contributed by atoms with Crippen molar-refractivity contribution in [2.75, 3.05) is 0 Å². The first-order valence-corrected chi connectivity index (χ1v) is 6.09. The van der Waals surface area contributed by atoms with Crippen LogP contribution in [0.3, 0.4) is 0 Å². The Kier molecular flexibility index (Phi) is 3.11. The molecule has 1 aromatic rings. The van der Waals surface area contributed by atoms with E-state index in [0.29, 0.717) is 5.92 Å². The van der Waals surface area contributed by atoms with Crippen molar-refractivity contribution < 1.29 is 0 Å². The van der Waals surface area contributed by atoms with E-state index in [1.807, 2.05) is 0 Å². The van der Waals surface area contributed by atoms with E-state index in [2.05, 4.69) is 32.0 Å². The quantitative estimate of drug-likeness (QED) is 0.802. The lowest BCUT2D eigenvalue weighted by molar-refractivity contribution is 0.456. The second-order valence-electron chi connectivity index (χ2n) is 4.79. The monoisotopic (exact) mass is 203 g/mol. The fourth-order valence-electron chi connectivity index (χ4n) is 2.38. The van der Waals surface area contributed by atoms with E-state index in [4.69, 9.17) is 5.73 Å². The van der Waals surface area contributed by atoms with Crippen LogP contribution in [0.5, 0.6) is 0 Å². The van der Waals surface area contributed by atoms with Crippen molar-refractivity contribution >= 4 is 0 Å². The molecule has 15 heavy (non-hydrogen) atoms. The fourth-order valence-corrected chi connectivity index (χ4v) is 2.38. The molecule has 0 radical (unpaired) electrons. The number of benzene rings is 1. The highest BCUT2D eigenvalue weighted by Gasteiger charge is 2.16. The molecule has 0 amide bonds. The second-order valence-corrected chi connectivity index (χ2v) is 4.79. The smallest absolute Gasteiger partial charge is 0.0320 e. The Hall–Kier alpha value is -0.820. The molecule has 1 aromatic carbocycles. The third kappa shape index (κ3) is 2.07. The largest absolute Gasteiger partial charge is 0.324 e. The van der Waals surface area contributed by atoms with Crippen molar-refractivity contribution in [3.05, 3.63) is 34.9 Å². The topological polar surface area (TPSA) is 26.0 Å². The average molecular weight is 203 g/mol. The Morgan fingerprint density at radius 1 is 1.27 bits per heavy atom. The van der Waals surface area contributed by atoms with Gasteiger partial charge in [-0.3, -0.25) is 0 Å². The first-order chi connectivity index (χ1) is 7.22. The average Bonchev–Trinajstić information content (AvgIpc) is 2.73. The summed E-state index contributed by atoms with van der Waals surface area (Å²) < 4.78 is 0. The van der Waals surface area contributed by atoms with Crippen LogP contribution in [-0.4, -0.2) is 0 Å². The van der Waals surface area contributed by atoms with Crippen LogP contribution in [0, 0.1) is 5.92 Å². The molecule has 1 aliphatic carbocycles. The maximum atomic E-state index is 6.24. The Morgan fingerprint density at radius 2 is 2.00 bits per heavy atom. The molecule has 1 aliphatic rings. The van der Waals surface area contributed by atoms with E-state index in [9.17, 15) is 0 Å². The summed E-state index contributed by atoms with van der Waals surface area (Å²) in [5, 5.41) is 0. The van der Waals surface area contributed by atoms with Gasteiger partial charge in [0.05, 0.1) is 0 Å². The third-order valence-electron chi connectivity index (χ3n) is 3.76. The van der Waals surface area contributed by atoms with Crippen molar-refractivity contribution in [3.63, 3.8) is 0 Å². The van der Waals surface area contributed by atoms with Crippen molar-refractivity contribution in [2.24, 2.45) is 11.7 Å². The lowest BCUT2D eigenvalue weighted by Crippen LogP contribution is -2.18. The Labute approximate surface area is 92.7 Å². The van der Waals surface area contributed by atoms with Crippen LogP contribution >= 0.6 is 0 Å². The maximum absolute atomic E-state index is 6.24. The number of hydrogen-bond donors (Lipinski definition) is 1. The van der Waals surface area contributed by atoms with Gasteiger partial charge in [0.2, 0.25) is 0 Å². The van der Waals surface area contributed by atoms with Gasteiger partial charge in [-0.2, -0.15) is 0 Å². The van der Waals surface area contributed by atoms with Gasteiger partial charge in [0, 0.05) is 6.04 Å². The summed E-state index contributed by atoms with van der Waals surface area (Å²) in [6.07, 6.45) is 4.97. The van der Waals surface area contributed by atoms with Gasteiger partial charge in [-0.25, -0.2) is 0 Å². The van der Waals surface area contributed by atoms with Gasteiger partial charge in [-0.15, -0.1) is 0 Å². The first-order valence-electron chi connectivity index (χ1n) is 6.09. The summed E-state index contributed by atoms with van der Waals surface area (Å²) >= 11 is 0. The van der Waals surface area contributed by atoms with Crippen LogP contribution in [0.2, 0.25) is 0 Å². The fraction of sp³-hybridized carbons (Fsp3) is 0.571. The number of hydrogen-bond acceptors (Lipinski definition) is 1. The summed E-state index contributed by atoms with van der Waals surface area (Å²) in [6, 6.07) is 7.04. The van der Waals surface area contributed by atoms with Crippen molar-refractivity contribution in [2.45, 2.75) is 45.6 Å². The molecular weight excluding hydrogens is 182 g/mol. The highest BCUT2D eigenvalue weighted by atomic mass is 14.6. The summed E-state index contributed by atoms with van der Waals surface area (Å²) in [5.74, 6) is 0.574. The zero-order chi connectivity index (χ0) is 10.8. The van der Waals surface area contributed by atoms with Crippen LogP contribution in [0.4, 0.5) is 0 Å². The lowest BCUT2D eigenvalue weighted by atomic mass is 9.91. The van der Waals surface area contributed by atoms with E-state index in [1.165, 1.54) is 36.0 Å². The van der Waals surface area contributed by atoms with Gasteiger partial charge >= 0.3 is 0 Å². The van der Waals surface area contributed by atoms with E-state index < -0.39 is 0 Å². The van der Waals surface area contributed by atoms with Gasteiger partial charge in [0.25, 0.3) is 0 Å². The number of rotatable bonds is 3. The van der Waals surface area contributed by atoms with Crippen molar-refractivity contribution in [1.29, 1.82) is 0 Å². The molecule has 2 rings (SSSR count). The number of aryl methyl sites for hydroxylation is 2. The van der Waals surface area contributed by atoms with Crippen LogP contribution in [0.1, 0.15) is 49.4 Å². The second kappa shape index (κ2) is 4.36. The molecule has 0 spiro atoms. The van der Waals surface area contributed by atoms with E-state index in [1.54, 1.807) is 0 Å². The zero-order valence-corrected chi connectivity index (χ0v) is 9.79. The minimum Gasteiger partial charge on any atom is -0.324 e. The number of fused-ring (bicyclic) bond motifs is 1. The molecule has 0 saturated carbocycles. The molecular formula is C14H21N. The molecule has 1 heteroatoms. The maximum Gasteiger partial charge on any atom is 0.0320 e. The van der Waals surface area contributed by atoms with Crippen LogP contribution in [0.25, 0.3) is 0 Å². The highest BCUT2D eigenvalue weighted by Crippen LogP contribution is 2.28. The van der Waals surface area contributed by atoms with Crippen molar-refractivity contribution in [3.8, 4) is 0 Å². The summed E-state index contributed by atoms with van der Waals surface area (Å²) in [4.78, 5) is 0. The third-order valence-corrected chi connectivity index (χ3v) is 3.76. The molecule has 2 N–H and O–H groups in total. The molecule has 0 aliphatic heterocycles. The normalized spacial score (nSPS) is 18.6. The molecule has 0 saturated heterocycles. The first kappa shape index (κ1) is 10.7. The minimum atomic E-state index is 0.209. The molecule has 1 nitrogen and oxygen atoms in total. The minimum absolute atomic E-state index is 0.209. The summed E-state index contributed by atoms with van der Waals surface area (Å²) in [6.45, 7) is 4.44. The van der Waals surface area contributed by atoms with Gasteiger partial charge in [0.15, 0.2) is 0 Å². The lowest BCUT2D eigenvalue weighted by Gasteiger charge is -2.19. The summed E-state index contributed by atoms with van der Waals surface area (Å²) in [5.41, 5.74) is 10.6. The van der Waals surface area contributed by atoms with Gasteiger partial charge in [0.1, 0.15) is 0 Å². The SMILES string of the molecule is CCC(C)C(N)c1ccc2c(c1)CCC2. The van der Waals surface area contributed by atoms with Gasteiger partial charge in [-0.1, -0.05) is 38.5 Å². The van der Waals surface area contributed by atoms with Crippen LogP contribution in [0.15, 0.2) is 18.2 Å². The Bertz CT molecular complexity index is 343. The molecule has 0 fully saturated rings. The molecule has 0 heterocycles. The van der Waals surface area contributed by atoms with E-state index in [-0.39, 0.29) is 6.04 Å². The van der Waals surface area contributed by atoms with Gasteiger partial charge < -0.3 is 5.73 Å². The molecule has 2 atom stereocenters. The van der Waals surface area contributed by atoms with Crippen molar-refractivity contribution in [1.82, 2.24) is 0 Å². The predicted octanol–water partition coefficient (Wildman–Crippen LogP) is 3.22. The number of nitrogens with two attached hydrogens (primary N) is 1. The summed E-state index contributed by atoms with van der Waals surface area (Å²) in [7, 11) is 0. The Balaban J connectivity index is 2.22. The van der Waals surface area contributed by atoms with E-state index >= 15 is 0 Å². The standard InChI is InChI=1S/C14H21N/c1-3-10(2)14(15)13-8-7-11-5-4-6-12(11)9-13/h7-10,14H,3-6,15H2,1-2H3. The van der Waals surface area contributed by atoms with Gasteiger partial charge in [-0.05, 0) is 41.9 Å². The Morgan fingerprint density at radius 3 is 2.73 bits per heavy atom. The van der Waals surface area contributed by atoms with E-state index in [0.717, 1.165) is 6.42 Å². The molecule has 2 unspecified atom stereocenters. The molecule has 82 valence electrons. The zero-order valence-electron chi connectivity index (χ0n) is 9.79.